The van der Waals surface area contributed by atoms with Crippen LogP contribution in [0.5, 0.6) is 0 Å². The third-order valence-electron chi connectivity index (χ3n) is 5.61. The van der Waals surface area contributed by atoms with E-state index in [0.29, 0.717) is 61.6 Å². The van der Waals surface area contributed by atoms with Gasteiger partial charge in [-0.05, 0) is 25.3 Å². The maximum Gasteiger partial charge on any atom is 0.249 e. The van der Waals surface area contributed by atoms with E-state index in [1.165, 1.54) is 17.6 Å². The second kappa shape index (κ2) is 8.09. The first-order chi connectivity index (χ1) is 14.1. The Morgan fingerprint density at radius 2 is 2.07 bits per heavy atom. The van der Waals surface area contributed by atoms with E-state index in [1.54, 1.807) is 19.2 Å². The number of carbonyl (C=O) groups is 1. The molecule has 4 rings (SSSR count). The van der Waals surface area contributed by atoms with Crippen molar-refractivity contribution in [2.24, 2.45) is 5.92 Å². The second-order valence-corrected chi connectivity index (χ2v) is 7.27. The maximum absolute atomic E-state index is 13.9. The predicted octanol–water partition coefficient (Wildman–Crippen LogP) is 2.31. The van der Waals surface area contributed by atoms with Gasteiger partial charge in [-0.2, -0.15) is 5.26 Å². The van der Waals surface area contributed by atoms with E-state index in [-0.39, 0.29) is 23.7 Å². The lowest BCUT2D eigenvalue weighted by Gasteiger charge is -2.34. The van der Waals surface area contributed by atoms with Crippen LogP contribution >= 0.6 is 0 Å². The van der Waals surface area contributed by atoms with Gasteiger partial charge in [0.05, 0.1) is 18.8 Å². The molecule has 29 heavy (non-hydrogen) atoms. The summed E-state index contributed by atoms with van der Waals surface area (Å²) in [4.78, 5) is 32.9. The highest BCUT2D eigenvalue weighted by Gasteiger charge is 2.38. The zero-order chi connectivity index (χ0) is 20.4. The van der Waals surface area contributed by atoms with Crippen molar-refractivity contribution in [1.82, 2.24) is 20.0 Å². The number of halogens is 1. The summed E-state index contributed by atoms with van der Waals surface area (Å²) >= 11 is 0. The first-order valence-corrected chi connectivity index (χ1v) is 9.61. The lowest BCUT2D eigenvalue weighted by molar-refractivity contribution is -0.182. The van der Waals surface area contributed by atoms with Crippen LogP contribution in [0.15, 0.2) is 24.8 Å². The van der Waals surface area contributed by atoms with Crippen LogP contribution in [0.3, 0.4) is 0 Å². The van der Waals surface area contributed by atoms with Crippen LogP contribution < -0.4 is 4.90 Å². The molecule has 0 radical (unpaired) electrons. The maximum atomic E-state index is 13.9. The van der Waals surface area contributed by atoms with Crippen LogP contribution in [-0.4, -0.2) is 45.6 Å². The highest BCUT2D eigenvalue weighted by Crippen LogP contribution is 2.35. The van der Waals surface area contributed by atoms with E-state index in [2.05, 4.69) is 19.9 Å². The van der Waals surface area contributed by atoms with Crippen molar-refractivity contribution >= 4 is 11.7 Å². The minimum atomic E-state index is -0.378. The molecule has 2 aliphatic heterocycles. The van der Waals surface area contributed by atoms with Gasteiger partial charge in [-0.3, -0.25) is 14.6 Å². The number of pyridine rings is 1. The van der Waals surface area contributed by atoms with Crippen molar-refractivity contribution in [3.8, 4) is 6.07 Å². The Bertz CT molecular complexity index is 954. The van der Waals surface area contributed by atoms with Gasteiger partial charge in [-0.15, -0.1) is 0 Å². The molecule has 1 amide bonds. The molecule has 2 fully saturated rings. The number of hydrogen-bond donors (Lipinski definition) is 0. The third-order valence-corrected chi connectivity index (χ3v) is 5.61. The summed E-state index contributed by atoms with van der Waals surface area (Å²) in [5, 5.41) is 10.4. The predicted molar refractivity (Wildman–Crippen MR) is 101 cm³/mol. The van der Waals surface area contributed by atoms with Gasteiger partial charge in [-0.25, -0.2) is 19.4 Å². The molecule has 0 aromatic carbocycles. The molecule has 2 aromatic heterocycles. The standard InChI is InChI=1S/C20H21FN6O2/c1-13-16(10-23-11-17(13)21)18-4-7-29-27(18)20(28)14-2-5-26(6-3-14)19-8-15(9-22)24-12-25-19/h8,10-12,14,18H,2-7H2,1H3/t18-/m0/s1. The Hall–Kier alpha value is -3.12. The molecule has 0 spiro atoms. The van der Waals surface area contributed by atoms with Crippen molar-refractivity contribution < 1.29 is 14.0 Å². The Balaban J connectivity index is 1.44. The average Bonchev–Trinajstić information content (AvgIpc) is 3.25. The minimum absolute atomic E-state index is 0.0730. The summed E-state index contributed by atoms with van der Waals surface area (Å²) in [7, 11) is 0. The molecular formula is C20H21FN6O2. The topological polar surface area (TPSA) is 95.2 Å². The fourth-order valence-electron chi connectivity index (χ4n) is 3.94. The molecule has 0 unspecified atom stereocenters. The molecule has 8 nitrogen and oxygen atoms in total. The summed E-state index contributed by atoms with van der Waals surface area (Å²) in [6, 6.07) is 3.35. The molecule has 0 N–H and O–H groups in total. The molecule has 0 saturated carbocycles. The molecule has 4 heterocycles. The van der Waals surface area contributed by atoms with E-state index in [1.807, 2.05) is 6.07 Å². The Kier molecular flexibility index (Phi) is 5.36. The fourth-order valence-corrected chi connectivity index (χ4v) is 3.94. The molecule has 1 atom stereocenters. The minimum Gasteiger partial charge on any atom is -0.356 e. The van der Waals surface area contributed by atoms with Gasteiger partial charge in [-0.1, -0.05) is 0 Å². The smallest absolute Gasteiger partial charge is 0.249 e. The SMILES string of the molecule is Cc1c(F)cncc1[C@@H]1CCON1C(=O)C1CCN(c2cc(C#N)ncn2)CC1. The van der Waals surface area contributed by atoms with E-state index in [4.69, 9.17) is 10.1 Å². The van der Waals surface area contributed by atoms with Gasteiger partial charge in [0.2, 0.25) is 5.91 Å². The summed E-state index contributed by atoms with van der Waals surface area (Å²) < 4.78 is 13.9. The summed E-state index contributed by atoms with van der Waals surface area (Å²) in [6.07, 6.45) is 6.09. The highest BCUT2D eigenvalue weighted by atomic mass is 19.1. The first kappa shape index (κ1) is 19.2. The van der Waals surface area contributed by atoms with Crippen molar-refractivity contribution in [1.29, 1.82) is 5.26 Å². The van der Waals surface area contributed by atoms with Crippen LogP contribution in [-0.2, 0) is 9.63 Å². The van der Waals surface area contributed by atoms with Crippen LogP contribution in [0.25, 0.3) is 0 Å². The Morgan fingerprint density at radius 3 is 2.83 bits per heavy atom. The van der Waals surface area contributed by atoms with Gasteiger partial charge < -0.3 is 4.90 Å². The Labute approximate surface area is 167 Å². The number of carbonyl (C=O) groups excluding carboxylic acids is 1. The second-order valence-electron chi connectivity index (χ2n) is 7.27. The average molecular weight is 396 g/mol. The number of nitriles is 1. The van der Waals surface area contributed by atoms with Gasteiger partial charge in [0.15, 0.2) is 0 Å². The number of anilines is 1. The number of amides is 1. The van der Waals surface area contributed by atoms with Crippen molar-refractivity contribution in [2.45, 2.75) is 32.2 Å². The number of aromatic nitrogens is 3. The van der Waals surface area contributed by atoms with Crippen molar-refractivity contribution in [3.05, 3.63) is 47.4 Å². The van der Waals surface area contributed by atoms with Gasteiger partial charge in [0, 0.05) is 43.3 Å². The number of piperidine rings is 1. The quantitative estimate of drug-likeness (QED) is 0.786. The van der Waals surface area contributed by atoms with Crippen molar-refractivity contribution in [2.75, 3.05) is 24.6 Å². The number of hydroxylamine groups is 2. The first-order valence-electron chi connectivity index (χ1n) is 9.61. The third kappa shape index (κ3) is 3.76. The van der Waals surface area contributed by atoms with Crippen LogP contribution in [0.2, 0.25) is 0 Å². The molecule has 9 heteroatoms. The zero-order valence-corrected chi connectivity index (χ0v) is 16.1. The lowest BCUT2D eigenvalue weighted by Crippen LogP contribution is -2.42. The van der Waals surface area contributed by atoms with Crippen LogP contribution in [0.4, 0.5) is 10.2 Å². The van der Waals surface area contributed by atoms with Crippen molar-refractivity contribution in [3.63, 3.8) is 0 Å². The van der Waals surface area contributed by atoms with Crippen LogP contribution in [0, 0.1) is 30.0 Å². The molecule has 2 saturated heterocycles. The van der Waals surface area contributed by atoms with Gasteiger partial charge >= 0.3 is 0 Å². The normalized spacial score (nSPS) is 20.0. The van der Waals surface area contributed by atoms with Gasteiger partial charge in [0.25, 0.3) is 0 Å². The molecule has 150 valence electrons. The van der Waals surface area contributed by atoms with Gasteiger partial charge in [0.1, 0.15) is 29.7 Å². The fraction of sp³-hybridized carbons (Fsp3) is 0.450. The summed E-state index contributed by atoms with van der Waals surface area (Å²) in [5.41, 5.74) is 1.51. The highest BCUT2D eigenvalue weighted by molar-refractivity contribution is 5.79. The summed E-state index contributed by atoms with van der Waals surface area (Å²) in [6.45, 7) is 3.42. The van der Waals surface area contributed by atoms with E-state index in [0.717, 1.165) is 0 Å². The van der Waals surface area contributed by atoms with Crippen LogP contribution in [0.1, 0.15) is 42.1 Å². The van der Waals surface area contributed by atoms with E-state index >= 15 is 0 Å². The lowest BCUT2D eigenvalue weighted by atomic mass is 9.94. The monoisotopic (exact) mass is 396 g/mol. The number of rotatable bonds is 3. The molecule has 2 aliphatic rings. The van der Waals surface area contributed by atoms with E-state index < -0.39 is 0 Å². The number of hydrogen-bond acceptors (Lipinski definition) is 7. The summed E-state index contributed by atoms with van der Waals surface area (Å²) in [5.74, 6) is 0.0677. The zero-order valence-electron chi connectivity index (χ0n) is 16.1. The van der Waals surface area contributed by atoms with E-state index in [9.17, 15) is 9.18 Å². The largest absolute Gasteiger partial charge is 0.356 e. The Morgan fingerprint density at radius 1 is 1.28 bits per heavy atom. The number of nitrogens with zero attached hydrogens (tertiary/aromatic N) is 6. The molecular weight excluding hydrogens is 375 g/mol. The molecule has 0 bridgehead atoms. The molecule has 0 aliphatic carbocycles. The molecule has 2 aromatic rings.